The van der Waals surface area contributed by atoms with Crippen molar-refractivity contribution in [2.45, 2.75) is 45.6 Å². The summed E-state index contributed by atoms with van der Waals surface area (Å²) in [4.78, 5) is 0. The highest BCUT2D eigenvalue weighted by Gasteiger charge is 2.03. The number of benzene rings is 1. The van der Waals surface area contributed by atoms with E-state index in [0.29, 0.717) is 12.2 Å². The van der Waals surface area contributed by atoms with Crippen molar-refractivity contribution < 1.29 is 9.84 Å². The third kappa shape index (κ3) is 4.77. The fourth-order valence-corrected chi connectivity index (χ4v) is 1.84. The molecule has 0 aliphatic rings. The second-order valence-electron chi connectivity index (χ2n) is 4.52. The van der Waals surface area contributed by atoms with Crippen molar-refractivity contribution in [2.75, 3.05) is 6.61 Å². The quantitative estimate of drug-likeness (QED) is 0.753. The molecule has 0 amide bonds. The summed E-state index contributed by atoms with van der Waals surface area (Å²) in [5.74, 6) is 0.788. The third-order valence-corrected chi connectivity index (χ3v) is 2.89. The average Bonchev–Trinajstić information content (AvgIpc) is 2.35. The van der Waals surface area contributed by atoms with Crippen LogP contribution in [0.25, 0.3) is 0 Å². The first-order valence-electron chi connectivity index (χ1n) is 6.49. The van der Waals surface area contributed by atoms with Crippen molar-refractivity contribution in [3.8, 4) is 11.8 Å². The Morgan fingerprint density at radius 1 is 1.39 bits per heavy atom. The maximum Gasteiger partial charge on any atom is 0.119 e. The zero-order chi connectivity index (χ0) is 13.4. The Bertz CT molecular complexity index is 409. The lowest BCUT2D eigenvalue weighted by Gasteiger charge is -2.10. The van der Waals surface area contributed by atoms with Gasteiger partial charge in [-0.2, -0.15) is 5.26 Å². The first-order valence-corrected chi connectivity index (χ1v) is 6.49. The van der Waals surface area contributed by atoms with Gasteiger partial charge in [-0.3, -0.25) is 0 Å². The minimum atomic E-state index is -0.207. The van der Waals surface area contributed by atoms with Gasteiger partial charge < -0.3 is 9.84 Å². The highest BCUT2D eigenvalue weighted by Crippen LogP contribution is 2.17. The molecule has 0 aliphatic carbocycles. The van der Waals surface area contributed by atoms with Gasteiger partial charge in [-0.1, -0.05) is 13.3 Å². The Kier molecular flexibility index (Phi) is 6.24. The zero-order valence-corrected chi connectivity index (χ0v) is 11.1. The van der Waals surface area contributed by atoms with Crippen LogP contribution >= 0.6 is 0 Å². The molecule has 0 fully saturated rings. The van der Waals surface area contributed by atoms with Crippen LogP contribution < -0.4 is 4.74 Å². The number of hydrogen-bond acceptors (Lipinski definition) is 3. The van der Waals surface area contributed by atoms with E-state index in [2.05, 4.69) is 13.0 Å². The Labute approximate surface area is 109 Å². The van der Waals surface area contributed by atoms with Crippen LogP contribution in [0.2, 0.25) is 0 Å². The van der Waals surface area contributed by atoms with Crippen molar-refractivity contribution in [1.29, 1.82) is 5.26 Å². The SMILES string of the molecule is CCCC(O)CCCOc1ccc(C#N)c(C)c1. The van der Waals surface area contributed by atoms with E-state index in [9.17, 15) is 5.11 Å². The van der Waals surface area contributed by atoms with Gasteiger partial charge in [-0.25, -0.2) is 0 Å². The van der Waals surface area contributed by atoms with Gasteiger partial charge in [0.05, 0.1) is 24.3 Å². The fourth-order valence-electron chi connectivity index (χ4n) is 1.84. The summed E-state index contributed by atoms with van der Waals surface area (Å²) >= 11 is 0. The van der Waals surface area contributed by atoms with Gasteiger partial charge in [0.15, 0.2) is 0 Å². The van der Waals surface area contributed by atoms with E-state index in [4.69, 9.17) is 10.00 Å². The predicted octanol–water partition coefficient (Wildman–Crippen LogP) is 3.19. The number of aryl methyl sites for hydroxylation is 1. The van der Waals surface area contributed by atoms with Crippen LogP contribution in [0.4, 0.5) is 0 Å². The smallest absolute Gasteiger partial charge is 0.119 e. The molecule has 0 aromatic heterocycles. The van der Waals surface area contributed by atoms with Gasteiger partial charge in [-0.05, 0) is 49.9 Å². The molecule has 0 bridgehead atoms. The van der Waals surface area contributed by atoms with Crippen molar-refractivity contribution in [3.05, 3.63) is 29.3 Å². The lowest BCUT2D eigenvalue weighted by Crippen LogP contribution is -2.08. The topological polar surface area (TPSA) is 53.2 Å². The van der Waals surface area contributed by atoms with Gasteiger partial charge in [0.25, 0.3) is 0 Å². The Morgan fingerprint density at radius 3 is 2.78 bits per heavy atom. The molecule has 0 radical (unpaired) electrons. The van der Waals surface area contributed by atoms with E-state index < -0.39 is 0 Å². The number of aliphatic hydroxyl groups is 1. The molecule has 0 heterocycles. The van der Waals surface area contributed by atoms with Crippen molar-refractivity contribution in [2.24, 2.45) is 0 Å². The molecule has 98 valence electrons. The first kappa shape index (κ1) is 14.5. The van der Waals surface area contributed by atoms with Gasteiger partial charge in [0.2, 0.25) is 0 Å². The number of hydrogen-bond donors (Lipinski definition) is 1. The molecule has 18 heavy (non-hydrogen) atoms. The molecule has 3 nitrogen and oxygen atoms in total. The number of nitriles is 1. The van der Waals surface area contributed by atoms with E-state index in [0.717, 1.165) is 37.0 Å². The molecule has 3 heteroatoms. The first-order chi connectivity index (χ1) is 8.67. The summed E-state index contributed by atoms with van der Waals surface area (Å²) in [5.41, 5.74) is 1.61. The number of nitrogens with zero attached hydrogens (tertiary/aromatic N) is 1. The predicted molar refractivity (Wildman–Crippen MR) is 71.5 cm³/mol. The van der Waals surface area contributed by atoms with Gasteiger partial charge in [0, 0.05) is 0 Å². The Balaban J connectivity index is 2.32. The summed E-state index contributed by atoms with van der Waals surface area (Å²) in [7, 11) is 0. The minimum Gasteiger partial charge on any atom is -0.494 e. The van der Waals surface area contributed by atoms with E-state index in [1.165, 1.54) is 0 Å². The van der Waals surface area contributed by atoms with Gasteiger partial charge >= 0.3 is 0 Å². The second-order valence-corrected chi connectivity index (χ2v) is 4.52. The Morgan fingerprint density at radius 2 is 2.17 bits per heavy atom. The van der Waals surface area contributed by atoms with Gasteiger partial charge in [-0.15, -0.1) is 0 Å². The van der Waals surface area contributed by atoms with Crippen LogP contribution in [0, 0.1) is 18.3 Å². The molecular formula is C15H21NO2. The van der Waals surface area contributed by atoms with Crippen LogP contribution in [0.1, 0.15) is 43.7 Å². The molecule has 0 aliphatic heterocycles. The Hall–Kier alpha value is -1.53. The summed E-state index contributed by atoms with van der Waals surface area (Å²) in [5, 5.41) is 18.4. The number of ether oxygens (including phenoxy) is 1. The van der Waals surface area contributed by atoms with Crippen LogP contribution in [-0.2, 0) is 0 Å². The van der Waals surface area contributed by atoms with E-state index >= 15 is 0 Å². The molecule has 0 saturated heterocycles. The van der Waals surface area contributed by atoms with Crippen molar-refractivity contribution in [3.63, 3.8) is 0 Å². The summed E-state index contributed by atoms with van der Waals surface area (Å²) in [6.07, 6.45) is 3.29. The summed E-state index contributed by atoms with van der Waals surface area (Å²) < 4.78 is 5.59. The molecule has 1 rings (SSSR count). The lowest BCUT2D eigenvalue weighted by atomic mass is 10.1. The highest BCUT2D eigenvalue weighted by atomic mass is 16.5. The summed E-state index contributed by atoms with van der Waals surface area (Å²) in [6.45, 7) is 4.57. The summed E-state index contributed by atoms with van der Waals surface area (Å²) in [6, 6.07) is 7.59. The maximum atomic E-state index is 9.57. The fraction of sp³-hybridized carbons (Fsp3) is 0.533. The standard InChI is InChI=1S/C15H21NO2/c1-3-5-14(17)6-4-9-18-15-8-7-13(11-16)12(2)10-15/h7-8,10,14,17H,3-6,9H2,1-2H3. The van der Waals surface area contributed by atoms with E-state index in [1.807, 2.05) is 19.1 Å². The monoisotopic (exact) mass is 247 g/mol. The van der Waals surface area contributed by atoms with Crippen LogP contribution in [0.3, 0.4) is 0 Å². The molecule has 1 unspecified atom stereocenters. The number of rotatable bonds is 7. The molecular weight excluding hydrogens is 226 g/mol. The second kappa shape index (κ2) is 7.73. The molecule has 0 spiro atoms. The highest BCUT2D eigenvalue weighted by molar-refractivity contribution is 5.41. The third-order valence-electron chi connectivity index (χ3n) is 2.89. The number of aliphatic hydroxyl groups excluding tert-OH is 1. The lowest BCUT2D eigenvalue weighted by molar-refractivity contribution is 0.142. The van der Waals surface area contributed by atoms with Crippen molar-refractivity contribution >= 4 is 0 Å². The van der Waals surface area contributed by atoms with Crippen molar-refractivity contribution in [1.82, 2.24) is 0 Å². The molecule has 1 N–H and O–H groups in total. The molecule has 1 atom stereocenters. The van der Waals surface area contributed by atoms with Crippen LogP contribution in [-0.4, -0.2) is 17.8 Å². The van der Waals surface area contributed by atoms with Crippen LogP contribution in [0.15, 0.2) is 18.2 Å². The van der Waals surface area contributed by atoms with Gasteiger partial charge in [0.1, 0.15) is 5.75 Å². The molecule has 0 saturated carbocycles. The van der Waals surface area contributed by atoms with E-state index in [1.54, 1.807) is 6.07 Å². The zero-order valence-electron chi connectivity index (χ0n) is 11.1. The average molecular weight is 247 g/mol. The molecule has 1 aromatic rings. The normalized spacial score (nSPS) is 11.9. The molecule has 1 aromatic carbocycles. The largest absolute Gasteiger partial charge is 0.494 e. The van der Waals surface area contributed by atoms with E-state index in [-0.39, 0.29) is 6.10 Å². The van der Waals surface area contributed by atoms with Crippen LogP contribution in [0.5, 0.6) is 5.75 Å². The minimum absolute atomic E-state index is 0.207. The maximum absolute atomic E-state index is 9.57.